The molecule has 2 aromatic carbocycles. The average Bonchev–Trinajstić information content (AvgIpc) is 3.15. The Labute approximate surface area is 166 Å². The number of alkyl halides is 3. The van der Waals surface area contributed by atoms with E-state index >= 15 is 0 Å². The molecule has 1 atom stereocenters. The van der Waals surface area contributed by atoms with E-state index in [4.69, 9.17) is 9.47 Å². The summed E-state index contributed by atoms with van der Waals surface area (Å²) in [6, 6.07) is 10.7. The van der Waals surface area contributed by atoms with E-state index in [-0.39, 0.29) is 18.3 Å². The number of rotatable bonds is 4. The molecule has 29 heavy (non-hydrogen) atoms. The van der Waals surface area contributed by atoms with Crippen molar-refractivity contribution in [2.24, 2.45) is 0 Å². The molecule has 4 rings (SSSR count). The van der Waals surface area contributed by atoms with E-state index in [1.807, 2.05) is 23.1 Å². The minimum atomic E-state index is -4.52. The molecule has 0 aromatic heterocycles. The van der Waals surface area contributed by atoms with Gasteiger partial charge in [-0.05, 0) is 49.2 Å². The Morgan fingerprint density at radius 3 is 2.66 bits per heavy atom. The van der Waals surface area contributed by atoms with Gasteiger partial charge in [-0.2, -0.15) is 13.2 Å². The number of para-hydroxylation sites is 1. The second-order valence-electron chi connectivity index (χ2n) is 7.12. The number of likely N-dealkylation sites (tertiary alicyclic amines) is 1. The van der Waals surface area contributed by atoms with Gasteiger partial charge in [-0.1, -0.05) is 18.2 Å². The monoisotopic (exact) mass is 406 g/mol. The van der Waals surface area contributed by atoms with Gasteiger partial charge in [0.05, 0.1) is 17.8 Å². The summed E-state index contributed by atoms with van der Waals surface area (Å²) in [5, 5.41) is 2.42. The van der Waals surface area contributed by atoms with Crippen LogP contribution >= 0.6 is 0 Å². The van der Waals surface area contributed by atoms with Crippen LogP contribution in [0.25, 0.3) is 0 Å². The van der Waals surface area contributed by atoms with Crippen LogP contribution in [0.5, 0.6) is 11.5 Å². The molecule has 2 aliphatic heterocycles. The van der Waals surface area contributed by atoms with Gasteiger partial charge in [-0.15, -0.1) is 0 Å². The van der Waals surface area contributed by atoms with Gasteiger partial charge in [-0.25, -0.2) is 0 Å². The smallest absolute Gasteiger partial charge is 0.418 e. The molecule has 1 saturated heterocycles. The molecule has 154 valence electrons. The van der Waals surface area contributed by atoms with Gasteiger partial charge in [-0.3, -0.25) is 9.69 Å². The van der Waals surface area contributed by atoms with E-state index in [1.54, 1.807) is 0 Å². The third-order valence-corrected chi connectivity index (χ3v) is 5.17. The molecule has 2 aromatic rings. The zero-order valence-electron chi connectivity index (χ0n) is 15.7. The first-order valence-electron chi connectivity index (χ1n) is 9.51. The summed E-state index contributed by atoms with van der Waals surface area (Å²) in [7, 11) is 0. The van der Waals surface area contributed by atoms with Gasteiger partial charge in [0.2, 0.25) is 5.91 Å². The molecule has 8 heteroatoms. The van der Waals surface area contributed by atoms with Crippen LogP contribution < -0.4 is 14.8 Å². The fourth-order valence-electron chi connectivity index (χ4n) is 3.87. The maximum atomic E-state index is 13.1. The van der Waals surface area contributed by atoms with E-state index < -0.39 is 17.6 Å². The van der Waals surface area contributed by atoms with Crippen LogP contribution in [0.3, 0.4) is 0 Å². The Morgan fingerprint density at radius 2 is 1.86 bits per heavy atom. The predicted octanol–water partition coefficient (Wildman–Crippen LogP) is 4.25. The van der Waals surface area contributed by atoms with Crippen molar-refractivity contribution in [2.75, 3.05) is 31.6 Å². The molecule has 0 saturated carbocycles. The van der Waals surface area contributed by atoms with E-state index in [2.05, 4.69) is 5.32 Å². The quantitative estimate of drug-likeness (QED) is 0.825. The van der Waals surface area contributed by atoms with Crippen molar-refractivity contribution in [3.63, 3.8) is 0 Å². The molecule has 2 heterocycles. The normalized spacial score (nSPS) is 19.2. The van der Waals surface area contributed by atoms with Gasteiger partial charge in [0, 0.05) is 6.04 Å². The van der Waals surface area contributed by atoms with Gasteiger partial charge in [0.1, 0.15) is 13.2 Å². The third-order valence-electron chi connectivity index (χ3n) is 5.17. The number of halogens is 3. The first-order chi connectivity index (χ1) is 13.9. The second-order valence-corrected chi connectivity index (χ2v) is 7.12. The lowest BCUT2D eigenvalue weighted by molar-refractivity contribution is -0.137. The topological polar surface area (TPSA) is 50.8 Å². The SMILES string of the molecule is O=C(CN1CCCC1c1ccc2c(c1)OCCO2)Nc1ccccc1C(F)(F)F. The lowest BCUT2D eigenvalue weighted by Crippen LogP contribution is -2.33. The second kappa shape index (κ2) is 7.94. The maximum Gasteiger partial charge on any atom is 0.418 e. The maximum absolute atomic E-state index is 13.1. The number of benzene rings is 2. The number of fused-ring (bicyclic) bond motifs is 1. The summed E-state index contributed by atoms with van der Waals surface area (Å²) in [6.45, 7) is 1.73. The number of hydrogen-bond acceptors (Lipinski definition) is 4. The molecule has 5 nitrogen and oxygen atoms in total. The number of nitrogens with zero attached hydrogens (tertiary/aromatic N) is 1. The number of ether oxygens (including phenoxy) is 2. The molecule has 1 N–H and O–H groups in total. The van der Waals surface area contributed by atoms with Crippen LogP contribution in [0, 0.1) is 0 Å². The van der Waals surface area contributed by atoms with Crippen molar-refractivity contribution >= 4 is 11.6 Å². The number of carbonyl (C=O) groups excluding carboxylic acids is 1. The van der Waals surface area contributed by atoms with Crippen LogP contribution in [0.2, 0.25) is 0 Å². The van der Waals surface area contributed by atoms with Crippen molar-refractivity contribution in [2.45, 2.75) is 25.1 Å². The molecule has 0 aliphatic carbocycles. The van der Waals surface area contributed by atoms with Crippen LogP contribution in [0.1, 0.15) is 30.0 Å². The van der Waals surface area contributed by atoms with Gasteiger partial charge < -0.3 is 14.8 Å². The highest BCUT2D eigenvalue weighted by Crippen LogP contribution is 2.38. The summed E-state index contributed by atoms with van der Waals surface area (Å²) >= 11 is 0. The van der Waals surface area contributed by atoms with E-state index in [0.29, 0.717) is 31.3 Å². The average molecular weight is 406 g/mol. The summed E-state index contributed by atoms with van der Waals surface area (Å²) < 4.78 is 50.6. The van der Waals surface area contributed by atoms with Crippen LogP contribution in [0.4, 0.5) is 18.9 Å². The highest BCUT2D eigenvalue weighted by Gasteiger charge is 2.34. The summed E-state index contributed by atoms with van der Waals surface area (Å²) in [5.41, 5.74) is -0.0616. The Balaban J connectivity index is 1.46. The summed E-state index contributed by atoms with van der Waals surface area (Å²) in [4.78, 5) is 14.5. The molecule has 1 unspecified atom stereocenters. The first-order valence-corrected chi connectivity index (χ1v) is 9.51. The minimum Gasteiger partial charge on any atom is -0.486 e. The van der Waals surface area contributed by atoms with E-state index in [0.717, 1.165) is 24.5 Å². The van der Waals surface area contributed by atoms with Gasteiger partial charge >= 0.3 is 6.18 Å². The zero-order valence-corrected chi connectivity index (χ0v) is 15.7. The van der Waals surface area contributed by atoms with Crippen molar-refractivity contribution in [3.8, 4) is 11.5 Å². The van der Waals surface area contributed by atoms with Crippen LogP contribution in [-0.4, -0.2) is 37.1 Å². The van der Waals surface area contributed by atoms with Crippen molar-refractivity contribution in [1.29, 1.82) is 0 Å². The van der Waals surface area contributed by atoms with Crippen molar-refractivity contribution in [1.82, 2.24) is 4.90 Å². The Hall–Kier alpha value is -2.74. The molecule has 0 spiro atoms. The number of carbonyl (C=O) groups is 1. The first kappa shape index (κ1) is 19.6. The standard InChI is InChI=1S/C21H21F3N2O3/c22-21(23,24)15-4-1-2-5-16(15)25-20(27)13-26-9-3-6-17(26)14-7-8-18-19(12-14)29-11-10-28-18/h1-2,4-5,7-8,12,17H,3,6,9-11,13H2,(H,25,27). The van der Waals surface area contributed by atoms with Gasteiger partial charge in [0.15, 0.2) is 11.5 Å². The molecule has 0 bridgehead atoms. The Kier molecular flexibility index (Phi) is 5.36. The summed E-state index contributed by atoms with van der Waals surface area (Å²) in [5.74, 6) is 0.918. The zero-order chi connectivity index (χ0) is 20.4. The molecular weight excluding hydrogens is 385 g/mol. The number of amides is 1. The fourth-order valence-corrected chi connectivity index (χ4v) is 3.87. The lowest BCUT2D eigenvalue weighted by Gasteiger charge is -2.26. The molecule has 2 aliphatic rings. The molecule has 1 amide bonds. The molecule has 0 radical (unpaired) electrons. The Morgan fingerprint density at radius 1 is 1.10 bits per heavy atom. The van der Waals surface area contributed by atoms with Gasteiger partial charge in [0.25, 0.3) is 0 Å². The predicted molar refractivity (Wildman–Crippen MR) is 101 cm³/mol. The molecule has 1 fully saturated rings. The third kappa shape index (κ3) is 4.32. The largest absolute Gasteiger partial charge is 0.486 e. The van der Waals surface area contributed by atoms with Crippen LogP contribution in [-0.2, 0) is 11.0 Å². The number of nitrogens with one attached hydrogen (secondary N) is 1. The Bertz CT molecular complexity index is 901. The molecular formula is C21H21F3N2O3. The van der Waals surface area contributed by atoms with Crippen molar-refractivity contribution < 1.29 is 27.4 Å². The highest BCUT2D eigenvalue weighted by molar-refractivity contribution is 5.93. The summed E-state index contributed by atoms with van der Waals surface area (Å²) in [6.07, 6.45) is -2.75. The van der Waals surface area contributed by atoms with E-state index in [1.165, 1.54) is 18.2 Å². The van der Waals surface area contributed by atoms with Crippen molar-refractivity contribution in [3.05, 3.63) is 53.6 Å². The fraction of sp³-hybridized carbons (Fsp3) is 0.381. The van der Waals surface area contributed by atoms with Crippen LogP contribution in [0.15, 0.2) is 42.5 Å². The highest BCUT2D eigenvalue weighted by atomic mass is 19.4. The number of anilines is 1. The van der Waals surface area contributed by atoms with E-state index in [9.17, 15) is 18.0 Å². The minimum absolute atomic E-state index is 0.00874. The lowest BCUT2D eigenvalue weighted by atomic mass is 10.0. The number of hydrogen-bond donors (Lipinski definition) is 1.